The summed E-state index contributed by atoms with van der Waals surface area (Å²) in [5.41, 5.74) is 0.861. The fraction of sp³-hybridized carbons (Fsp3) is 0.588. The largest absolute Gasteiger partial charge is 0.378 e. The highest BCUT2D eigenvalue weighted by molar-refractivity contribution is 7.89. The molecule has 1 amide bonds. The Morgan fingerprint density at radius 1 is 1.27 bits per heavy atom. The van der Waals surface area contributed by atoms with Crippen molar-refractivity contribution >= 4 is 28.3 Å². The lowest BCUT2D eigenvalue weighted by atomic mass is 10.2. The number of benzene rings is 1. The highest BCUT2D eigenvalue weighted by atomic mass is 35.5. The molecule has 1 fully saturated rings. The zero-order chi connectivity index (χ0) is 18.3. The Bertz CT molecular complexity index is 657. The smallest absolute Gasteiger partial charge is 0.243 e. The first-order valence-electron chi connectivity index (χ1n) is 8.64. The number of amides is 1. The van der Waals surface area contributed by atoms with Gasteiger partial charge in [-0.1, -0.05) is 26.0 Å². The molecule has 0 bridgehead atoms. The Labute approximate surface area is 161 Å². The Kier molecular flexibility index (Phi) is 9.52. The summed E-state index contributed by atoms with van der Waals surface area (Å²) in [6.45, 7) is 6.88. The van der Waals surface area contributed by atoms with Gasteiger partial charge in [0.2, 0.25) is 15.9 Å². The SMILES string of the molecule is CCN(CC)S(=O)(=O)c1ccc(CNC(=O)CC2COCCN2)cc1.Cl. The van der Waals surface area contributed by atoms with E-state index in [1.54, 1.807) is 24.3 Å². The molecule has 7 nitrogen and oxygen atoms in total. The maximum absolute atomic E-state index is 12.4. The summed E-state index contributed by atoms with van der Waals surface area (Å²) in [7, 11) is -3.44. The third-order valence-corrected chi connectivity index (χ3v) is 6.25. The molecule has 1 saturated heterocycles. The second-order valence-electron chi connectivity index (χ2n) is 5.94. The van der Waals surface area contributed by atoms with E-state index in [1.807, 2.05) is 13.8 Å². The Morgan fingerprint density at radius 3 is 2.46 bits per heavy atom. The van der Waals surface area contributed by atoms with E-state index in [2.05, 4.69) is 10.6 Å². The Hall–Kier alpha value is -1.19. The minimum Gasteiger partial charge on any atom is -0.378 e. The molecule has 148 valence electrons. The minimum atomic E-state index is -3.44. The van der Waals surface area contributed by atoms with Crippen molar-refractivity contribution in [3.63, 3.8) is 0 Å². The highest BCUT2D eigenvalue weighted by Crippen LogP contribution is 2.16. The number of nitrogens with one attached hydrogen (secondary N) is 2. The Balaban J connectivity index is 0.00000338. The molecule has 1 unspecified atom stereocenters. The van der Waals surface area contributed by atoms with Crippen molar-refractivity contribution in [2.75, 3.05) is 32.8 Å². The number of carbonyl (C=O) groups excluding carboxylic acids is 1. The van der Waals surface area contributed by atoms with Crippen LogP contribution in [0.1, 0.15) is 25.8 Å². The highest BCUT2D eigenvalue weighted by Gasteiger charge is 2.21. The summed E-state index contributed by atoms with van der Waals surface area (Å²) in [5.74, 6) is -0.0529. The van der Waals surface area contributed by atoms with Gasteiger partial charge in [0, 0.05) is 38.6 Å². The standard InChI is InChI=1S/C17H27N3O4S.ClH/c1-3-20(4-2)25(22,23)16-7-5-14(6-8-16)12-19-17(21)11-15-13-24-10-9-18-15;/h5-8,15,18H,3-4,9-13H2,1-2H3,(H,19,21);1H. The number of morpholine rings is 1. The number of hydrogen-bond acceptors (Lipinski definition) is 5. The van der Waals surface area contributed by atoms with E-state index in [0.29, 0.717) is 39.3 Å². The molecular formula is C17H28ClN3O4S. The van der Waals surface area contributed by atoms with Crippen molar-refractivity contribution < 1.29 is 17.9 Å². The number of rotatable bonds is 8. The van der Waals surface area contributed by atoms with Crippen LogP contribution in [0.5, 0.6) is 0 Å². The topological polar surface area (TPSA) is 87.7 Å². The number of ether oxygens (including phenoxy) is 1. The monoisotopic (exact) mass is 405 g/mol. The molecule has 0 saturated carbocycles. The number of carbonyl (C=O) groups is 1. The quantitative estimate of drug-likeness (QED) is 0.677. The van der Waals surface area contributed by atoms with Crippen LogP contribution >= 0.6 is 12.4 Å². The van der Waals surface area contributed by atoms with Crippen LogP contribution in [0.25, 0.3) is 0 Å². The van der Waals surface area contributed by atoms with E-state index in [1.165, 1.54) is 4.31 Å². The lowest BCUT2D eigenvalue weighted by Crippen LogP contribution is -2.44. The van der Waals surface area contributed by atoms with Gasteiger partial charge in [-0.2, -0.15) is 4.31 Å². The second kappa shape index (κ2) is 10.8. The fourth-order valence-corrected chi connectivity index (χ4v) is 4.20. The van der Waals surface area contributed by atoms with Crippen LogP contribution in [-0.4, -0.2) is 57.5 Å². The summed E-state index contributed by atoms with van der Waals surface area (Å²) in [5, 5.41) is 6.09. The van der Waals surface area contributed by atoms with E-state index in [9.17, 15) is 13.2 Å². The van der Waals surface area contributed by atoms with Crippen LogP contribution < -0.4 is 10.6 Å². The molecule has 1 heterocycles. The average Bonchev–Trinajstić information content (AvgIpc) is 2.62. The van der Waals surface area contributed by atoms with Gasteiger partial charge in [-0.05, 0) is 17.7 Å². The number of hydrogen-bond donors (Lipinski definition) is 2. The van der Waals surface area contributed by atoms with Crippen molar-refractivity contribution in [3.05, 3.63) is 29.8 Å². The molecule has 26 heavy (non-hydrogen) atoms. The summed E-state index contributed by atoms with van der Waals surface area (Å²) in [6, 6.07) is 6.70. The summed E-state index contributed by atoms with van der Waals surface area (Å²) >= 11 is 0. The average molecular weight is 406 g/mol. The molecule has 1 aliphatic rings. The van der Waals surface area contributed by atoms with Gasteiger partial charge in [-0.3, -0.25) is 4.79 Å². The number of halogens is 1. The first kappa shape index (κ1) is 22.9. The molecule has 0 radical (unpaired) electrons. The zero-order valence-electron chi connectivity index (χ0n) is 15.2. The summed E-state index contributed by atoms with van der Waals surface area (Å²) in [4.78, 5) is 12.2. The fourth-order valence-electron chi connectivity index (χ4n) is 2.74. The van der Waals surface area contributed by atoms with Crippen molar-refractivity contribution in [2.45, 2.75) is 37.8 Å². The van der Waals surface area contributed by atoms with E-state index < -0.39 is 10.0 Å². The number of sulfonamides is 1. The van der Waals surface area contributed by atoms with Crippen LogP contribution in [0.4, 0.5) is 0 Å². The van der Waals surface area contributed by atoms with Gasteiger partial charge >= 0.3 is 0 Å². The van der Waals surface area contributed by atoms with Crippen molar-refractivity contribution in [1.29, 1.82) is 0 Å². The van der Waals surface area contributed by atoms with Gasteiger partial charge in [0.25, 0.3) is 0 Å². The molecule has 2 rings (SSSR count). The van der Waals surface area contributed by atoms with E-state index >= 15 is 0 Å². The molecule has 0 aliphatic carbocycles. The second-order valence-corrected chi connectivity index (χ2v) is 7.88. The van der Waals surface area contributed by atoms with Crippen LogP contribution in [0, 0.1) is 0 Å². The number of nitrogens with zero attached hydrogens (tertiary/aromatic N) is 1. The van der Waals surface area contributed by atoms with Gasteiger partial charge in [-0.25, -0.2) is 8.42 Å². The molecule has 0 spiro atoms. The Morgan fingerprint density at radius 2 is 1.92 bits per heavy atom. The third kappa shape index (κ3) is 6.21. The van der Waals surface area contributed by atoms with Crippen LogP contribution in [0.2, 0.25) is 0 Å². The van der Waals surface area contributed by atoms with Gasteiger partial charge in [-0.15, -0.1) is 12.4 Å². The first-order chi connectivity index (χ1) is 12.0. The summed E-state index contributed by atoms with van der Waals surface area (Å²) < 4.78 is 31.6. The molecule has 1 atom stereocenters. The predicted octanol–water partition coefficient (Wildman–Crippen LogP) is 1.13. The van der Waals surface area contributed by atoms with Crippen molar-refractivity contribution in [1.82, 2.24) is 14.9 Å². The third-order valence-electron chi connectivity index (χ3n) is 4.19. The summed E-state index contributed by atoms with van der Waals surface area (Å²) in [6.07, 6.45) is 0.369. The molecule has 1 aromatic carbocycles. The van der Waals surface area contributed by atoms with Gasteiger partial charge < -0.3 is 15.4 Å². The molecule has 1 aliphatic heterocycles. The first-order valence-corrected chi connectivity index (χ1v) is 10.1. The maximum atomic E-state index is 12.4. The molecule has 0 aromatic heterocycles. The van der Waals surface area contributed by atoms with Crippen molar-refractivity contribution in [2.24, 2.45) is 0 Å². The van der Waals surface area contributed by atoms with Crippen LogP contribution in [-0.2, 0) is 26.1 Å². The van der Waals surface area contributed by atoms with Crippen LogP contribution in [0.3, 0.4) is 0 Å². The van der Waals surface area contributed by atoms with E-state index in [0.717, 1.165) is 12.1 Å². The molecule has 9 heteroatoms. The van der Waals surface area contributed by atoms with Crippen molar-refractivity contribution in [3.8, 4) is 0 Å². The zero-order valence-corrected chi connectivity index (χ0v) is 16.9. The molecule has 1 aromatic rings. The van der Waals surface area contributed by atoms with Gasteiger partial charge in [0.05, 0.1) is 18.1 Å². The van der Waals surface area contributed by atoms with E-state index in [-0.39, 0.29) is 29.3 Å². The minimum absolute atomic E-state index is 0. The van der Waals surface area contributed by atoms with Gasteiger partial charge in [0.1, 0.15) is 0 Å². The van der Waals surface area contributed by atoms with Crippen LogP contribution in [0.15, 0.2) is 29.2 Å². The molecule has 2 N–H and O–H groups in total. The van der Waals surface area contributed by atoms with Gasteiger partial charge in [0.15, 0.2) is 0 Å². The predicted molar refractivity (Wildman–Crippen MR) is 103 cm³/mol. The normalized spacial score (nSPS) is 17.6. The lowest BCUT2D eigenvalue weighted by Gasteiger charge is -2.23. The van der Waals surface area contributed by atoms with E-state index in [4.69, 9.17) is 4.74 Å². The maximum Gasteiger partial charge on any atom is 0.243 e. The molecular weight excluding hydrogens is 378 g/mol. The lowest BCUT2D eigenvalue weighted by molar-refractivity contribution is -0.122.